The molecular weight excluding hydrogens is 381 g/mol. The number of halogens is 1. The zero-order chi connectivity index (χ0) is 21.3. The molecule has 0 aliphatic carbocycles. The van der Waals surface area contributed by atoms with E-state index in [4.69, 9.17) is 10.5 Å². The Morgan fingerprint density at radius 3 is 2.57 bits per heavy atom. The molecule has 1 aliphatic rings. The molecule has 5 nitrogen and oxygen atoms in total. The second-order valence-electron chi connectivity index (χ2n) is 7.20. The van der Waals surface area contributed by atoms with Gasteiger partial charge in [0.1, 0.15) is 23.2 Å². The minimum Gasteiger partial charge on any atom is -0.440 e. The number of pyridine rings is 1. The molecule has 0 saturated heterocycles. The summed E-state index contributed by atoms with van der Waals surface area (Å²) >= 11 is 0. The van der Waals surface area contributed by atoms with E-state index in [1.807, 2.05) is 43.3 Å². The van der Waals surface area contributed by atoms with Crippen molar-refractivity contribution < 1.29 is 9.13 Å². The van der Waals surface area contributed by atoms with Crippen LogP contribution in [0.5, 0.6) is 5.75 Å². The molecule has 2 heterocycles. The Balaban J connectivity index is 1.86. The lowest BCUT2D eigenvalue weighted by Crippen LogP contribution is -2.33. The Morgan fingerprint density at radius 2 is 1.87 bits per heavy atom. The van der Waals surface area contributed by atoms with Gasteiger partial charge in [-0.15, -0.1) is 0 Å². The quantitative estimate of drug-likeness (QED) is 0.722. The largest absolute Gasteiger partial charge is 0.440 e. The van der Waals surface area contributed by atoms with Crippen LogP contribution in [0.4, 0.5) is 4.39 Å². The van der Waals surface area contributed by atoms with Crippen molar-refractivity contribution in [3.05, 3.63) is 111 Å². The van der Waals surface area contributed by atoms with Crippen LogP contribution in [0.3, 0.4) is 0 Å². The molecule has 0 radical (unpaired) electrons. The number of hydrogen-bond acceptors (Lipinski definition) is 4. The minimum atomic E-state index is -0.920. The first-order chi connectivity index (χ1) is 14.5. The van der Waals surface area contributed by atoms with Crippen molar-refractivity contribution in [3.8, 4) is 11.8 Å². The SMILES string of the molecule is Cc1cc2c(c(=O)n1CCc1ccccc1)[C@H](c1ccccc1F)C(C#N)=C(N)O2. The Hall–Kier alpha value is -3.85. The third-order valence-corrected chi connectivity index (χ3v) is 5.37. The van der Waals surface area contributed by atoms with E-state index in [2.05, 4.69) is 0 Å². The number of nitriles is 1. The summed E-state index contributed by atoms with van der Waals surface area (Å²) in [7, 11) is 0. The normalized spacial score (nSPS) is 15.3. The number of nitrogens with zero attached hydrogens (tertiary/aromatic N) is 2. The third kappa shape index (κ3) is 3.35. The number of aryl methyl sites for hydroxylation is 2. The molecule has 0 saturated carbocycles. The number of fused-ring (bicyclic) bond motifs is 1. The molecular formula is C24H20FN3O2. The van der Waals surface area contributed by atoms with Crippen LogP contribution in [-0.2, 0) is 13.0 Å². The van der Waals surface area contributed by atoms with Crippen LogP contribution in [-0.4, -0.2) is 4.57 Å². The van der Waals surface area contributed by atoms with Crippen molar-refractivity contribution in [1.82, 2.24) is 4.57 Å². The molecule has 2 N–H and O–H groups in total. The number of rotatable bonds is 4. The molecule has 0 unspecified atom stereocenters. The lowest BCUT2D eigenvalue weighted by atomic mass is 9.83. The second kappa shape index (κ2) is 7.88. The van der Waals surface area contributed by atoms with E-state index in [1.165, 1.54) is 6.07 Å². The van der Waals surface area contributed by atoms with Gasteiger partial charge in [-0.1, -0.05) is 48.5 Å². The highest BCUT2D eigenvalue weighted by Gasteiger charge is 2.35. The summed E-state index contributed by atoms with van der Waals surface area (Å²) in [5.41, 5.74) is 7.93. The van der Waals surface area contributed by atoms with E-state index in [-0.39, 0.29) is 33.9 Å². The topological polar surface area (TPSA) is 81.0 Å². The van der Waals surface area contributed by atoms with E-state index < -0.39 is 11.7 Å². The molecule has 6 heteroatoms. The van der Waals surface area contributed by atoms with Gasteiger partial charge in [-0.2, -0.15) is 5.26 Å². The molecule has 0 amide bonds. The minimum absolute atomic E-state index is 0.0307. The summed E-state index contributed by atoms with van der Waals surface area (Å²) in [6.07, 6.45) is 0.661. The smallest absolute Gasteiger partial charge is 0.258 e. The lowest BCUT2D eigenvalue weighted by Gasteiger charge is -2.27. The van der Waals surface area contributed by atoms with Crippen LogP contribution in [0.1, 0.15) is 28.3 Å². The summed E-state index contributed by atoms with van der Waals surface area (Å²) in [4.78, 5) is 13.5. The van der Waals surface area contributed by atoms with Gasteiger partial charge in [-0.3, -0.25) is 4.79 Å². The molecule has 0 fully saturated rings. The highest BCUT2D eigenvalue weighted by Crippen LogP contribution is 2.41. The molecule has 0 bridgehead atoms. The van der Waals surface area contributed by atoms with Gasteiger partial charge in [-0.25, -0.2) is 4.39 Å². The summed E-state index contributed by atoms with van der Waals surface area (Å²) < 4.78 is 21.9. The van der Waals surface area contributed by atoms with Gasteiger partial charge in [0, 0.05) is 23.9 Å². The number of hydrogen-bond donors (Lipinski definition) is 1. The van der Waals surface area contributed by atoms with Gasteiger partial charge >= 0.3 is 0 Å². The second-order valence-corrected chi connectivity index (χ2v) is 7.20. The van der Waals surface area contributed by atoms with E-state index in [0.717, 1.165) is 5.56 Å². The predicted octanol–water partition coefficient (Wildman–Crippen LogP) is 3.76. The zero-order valence-electron chi connectivity index (χ0n) is 16.4. The van der Waals surface area contributed by atoms with Gasteiger partial charge in [0.15, 0.2) is 0 Å². The first-order valence-electron chi connectivity index (χ1n) is 9.61. The zero-order valence-corrected chi connectivity index (χ0v) is 16.4. The molecule has 1 aromatic heterocycles. The van der Waals surface area contributed by atoms with Gasteiger partial charge in [-0.05, 0) is 25.0 Å². The van der Waals surface area contributed by atoms with Crippen LogP contribution in [0.25, 0.3) is 0 Å². The maximum atomic E-state index is 14.7. The van der Waals surface area contributed by atoms with E-state index in [0.29, 0.717) is 18.7 Å². The van der Waals surface area contributed by atoms with Crippen molar-refractivity contribution in [2.45, 2.75) is 25.8 Å². The van der Waals surface area contributed by atoms with Crippen LogP contribution >= 0.6 is 0 Å². The molecule has 3 aromatic rings. The molecule has 30 heavy (non-hydrogen) atoms. The van der Waals surface area contributed by atoms with E-state index in [1.54, 1.807) is 28.8 Å². The maximum Gasteiger partial charge on any atom is 0.258 e. The van der Waals surface area contributed by atoms with Crippen LogP contribution in [0.15, 0.2) is 76.9 Å². The summed E-state index contributed by atoms with van der Waals surface area (Å²) in [6.45, 7) is 2.26. The van der Waals surface area contributed by atoms with E-state index >= 15 is 0 Å². The summed E-state index contributed by atoms with van der Waals surface area (Å²) in [6, 6.07) is 19.7. The van der Waals surface area contributed by atoms with Crippen LogP contribution in [0.2, 0.25) is 0 Å². The number of ether oxygens (including phenoxy) is 1. The van der Waals surface area contributed by atoms with Crippen molar-refractivity contribution >= 4 is 0 Å². The first kappa shape index (κ1) is 19.5. The monoisotopic (exact) mass is 401 g/mol. The average Bonchev–Trinajstić information content (AvgIpc) is 2.74. The molecule has 2 aromatic carbocycles. The van der Waals surface area contributed by atoms with Crippen LogP contribution < -0.4 is 16.0 Å². The number of allylic oxidation sites excluding steroid dienone is 1. The fourth-order valence-corrected chi connectivity index (χ4v) is 3.87. The standard InChI is InChI=1S/C24H20FN3O2/c1-15-13-20-22(24(29)28(15)12-11-16-7-3-2-4-8-16)21(18(14-26)23(27)30-20)17-9-5-6-10-19(17)25/h2-10,13,21H,11-12,27H2,1H3/t21-/m1/s1. The Labute approximate surface area is 173 Å². The number of nitrogens with two attached hydrogens (primary N) is 1. The molecule has 150 valence electrons. The van der Waals surface area contributed by atoms with Crippen molar-refractivity contribution in [2.75, 3.05) is 0 Å². The fourth-order valence-electron chi connectivity index (χ4n) is 3.87. The maximum absolute atomic E-state index is 14.7. The van der Waals surface area contributed by atoms with Crippen molar-refractivity contribution in [3.63, 3.8) is 0 Å². The third-order valence-electron chi connectivity index (χ3n) is 5.37. The lowest BCUT2D eigenvalue weighted by molar-refractivity contribution is 0.387. The fraction of sp³-hybridized carbons (Fsp3) is 0.167. The molecule has 1 atom stereocenters. The van der Waals surface area contributed by atoms with Gasteiger partial charge in [0.25, 0.3) is 5.56 Å². The molecule has 4 rings (SSSR count). The van der Waals surface area contributed by atoms with Crippen molar-refractivity contribution in [2.24, 2.45) is 5.73 Å². The summed E-state index contributed by atoms with van der Waals surface area (Å²) in [5, 5.41) is 9.68. The Bertz CT molecular complexity index is 1240. The average molecular weight is 401 g/mol. The highest BCUT2D eigenvalue weighted by molar-refractivity contribution is 5.55. The van der Waals surface area contributed by atoms with Gasteiger partial charge < -0.3 is 15.0 Å². The first-order valence-corrected chi connectivity index (χ1v) is 9.61. The Kier molecular flexibility index (Phi) is 5.11. The number of aromatic nitrogens is 1. The van der Waals surface area contributed by atoms with Crippen molar-refractivity contribution in [1.29, 1.82) is 5.26 Å². The molecule has 0 spiro atoms. The van der Waals surface area contributed by atoms with E-state index in [9.17, 15) is 14.4 Å². The number of benzene rings is 2. The van der Waals surface area contributed by atoms with Crippen LogP contribution in [0, 0.1) is 24.1 Å². The predicted molar refractivity (Wildman–Crippen MR) is 111 cm³/mol. The Morgan fingerprint density at radius 1 is 1.17 bits per heavy atom. The highest BCUT2D eigenvalue weighted by atomic mass is 19.1. The molecule has 1 aliphatic heterocycles. The van der Waals surface area contributed by atoms with Gasteiger partial charge in [0.2, 0.25) is 5.88 Å². The summed E-state index contributed by atoms with van der Waals surface area (Å²) in [5.74, 6) is -1.28. The van der Waals surface area contributed by atoms with Gasteiger partial charge in [0.05, 0.1) is 11.5 Å².